The number of rotatable bonds is 12. The zero-order valence-electron chi connectivity index (χ0n) is 26.6. The summed E-state index contributed by atoms with van der Waals surface area (Å²) in [5.41, 5.74) is 5.73. The van der Waals surface area contributed by atoms with Crippen molar-refractivity contribution in [2.45, 2.75) is 13.1 Å². The highest BCUT2D eigenvalue weighted by atomic mass is 16.5. The van der Waals surface area contributed by atoms with Gasteiger partial charge in [0.15, 0.2) is 17.0 Å². The van der Waals surface area contributed by atoms with Gasteiger partial charge in [-0.3, -0.25) is 9.36 Å². The molecule has 2 N–H and O–H groups in total. The van der Waals surface area contributed by atoms with E-state index in [4.69, 9.17) is 19.7 Å². The number of nitrogens with zero attached hydrogens (tertiary/aromatic N) is 5. The van der Waals surface area contributed by atoms with Crippen LogP contribution in [0.4, 0.5) is 23.1 Å². The molecule has 49 heavy (non-hydrogen) atoms. The number of anilines is 4. The third-order valence-electron chi connectivity index (χ3n) is 7.78. The van der Waals surface area contributed by atoms with Gasteiger partial charge >= 0.3 is 0 Å². The Balaban J connectivity index is 1.30. The van der Waals surface area contributed by atoms with Gasteiger partial charge in [-0.15, -0.1) is 0 Å². The number of carbonyl (C=O) groups excluding carboxylic acids is 1. The van der Waals surface area contributed by atoms with Gasteiger partial charge in [-0.25, -0.2) is 4.98 Å². The normalized spacial score (nSPS) is 10.8. The average molecular weight is 644 g/mol. The summed E-state index contributed by atoms with van der Waals surface area (Å²) in [7, 11) is 0. The van der Waals surface area contributed by atoms with Gasteiger partial charge in [-0.05, 0) is 71.8 Å². The molecule has 0 saturated heterocycles. The van der Waals surface area contributed by atoms with Crippen LogP contribution in [0.5, 0.6) is 11.5 Å². The Labute approximate surface area is 284 Å². The fourth-order valence-corrected chi connectivity index (χ4v) is 5.45. The van der Waals surface area contributed by atoms with Crippen LogP contribution in [-0.4, -0.2) is 25.4 Å². The van der Waals surface area contributed by atoms with E-state index in [1.54, 1.807) is 6.33 Å². The Morgan fingerprint density at radius 3 is 2.02 bits per heavy atom. The van der Waals surface area contributed by atoms with Crippen molar-refractivity contribution in [3.63, 3.8) is 0 Å². The minimum atomic E-state index is -0.290. The van der Waals surface area contributed by atoms with E-state index in [1.165, 1.54) is 6.08 Å². The summed E-state index contributed by atoms with van der Waals surface area (Å²) >= 11 is 0. The molecular weight excluding hydrogens is 610 g/mol. The molecule has 0 saturated carbocycles. The molecule has 0 unspecified atom stereocenters. The topological polar surface area (TPSA) is 97.2 Å². The van der Waals surface area contributed by atoms with Crippen LogP contribution >= 0.6 is 0 Å². The summed E-state index contributed by atoms with van der Waals surface area (Å²) in [5, 5.41) is 6.25. The Morgan fingerprint density at radius 1 is 0.735 bits per heavy atom. The lowest BCUT2D eigenvalue weighted by Gasteiger charge is -2.25. The molecule has 2 aromatic heterocycles. The zero-order chi connectivity index (χ0) is 33.4. The fraction of sp³-hybridized carbons (Fsp3) is 0.0500. The maximum Gasteiger partial charge on any atom is 0.247 e. The number of nitrogens with one attached hydrogen (secondary N) is 2. The highest BCUT2D eigenvalue weighted by Gasteiger charge is 2.21. The quantitative estimate of drug-likeness (QED) is 0.129. The number of fused-ring (bicyclic) bond motifs is 1. The average Bonchev–Trinajstić information content (AvgIpc) is 3.57. The summed E-state index contributed by atoms with van der Waals surface area (Å²) < 4.78 is 7.89. The lowest BCUT2D eigenvalue weighted by molar-refractivity contribution is -0.111. The number of amides is 1. The van der Waals surface area contributed by atoms with Crippen molar-refractivity contribution in [3.8, 4) is 17.2 Å². The molecule has 0 radical (unpaired) electrons. The SMILES string of the molecule is C=CC(=O)Nc1cccc(-n2cnc3c(N(Cc4ccccc4)Cc4ccccc4)nc(Nc4ccc(Oc5ccccc5)cc4)nc32)c1. The largest absolute Gasteiger partial charge is 0.457 e. The first-order chi connectivity index (χ1) is 24.1. The fourth-order valence-electron chi connectivity index (χ4n) is 5.45. The van der Waals surface area contributed by atoms with Crippen molar-refractivity contribution < 1.29 is 9.53 Å². The Bertz CT molecular complexity index is 2140. The molecule has 240 valence electrons. The van der Waals surface area contributed by atoms with Crippen LogP contribution in [0.3, 0.4) is 0 Å². The van der Waals surface area contributed by atoms with Gasteiger partial charge in [0.1, 0.15) is 17.8 Å². The summed E-state index contributed by atoms with van der Waals surface area (Å²) in [6.07, 6.45) is 2.98. The molecule has 7 aromatic rings. The molecule has 0 aliphatic carbocycles. The van der Waals surface area contributed by atoms with Crippen molar-refractivity contribution in [3.05, 3.63) is 170 Å². The van der Waals surface area contributed by atoms with E-state index in [0.29, 0.717) is 47.5 Å². The summed E-state index contributed by atoms with van der Waals surface area (Å²) in [4.78, 5) is 29.2. The first kappa shape index (κ1) is 30.9. The molecular formula is C40H33N7O2. The third-order valence-corrected chi connectivity index (χ3v) is 7.78. The molecule has 0 aliphatic rings. The highest BCUT2D eigenvalue weighted by Crippen LogP contribution is 2.31. The van der Waals surface area contributed by atoms with Crippen molar-refractivity contribution >= 4 is 40.2 Å². The van der Waals surface area contributed by atoms with Crippen molar-refractivity contribution in [1.82, 2.24) is 19.5 Å². The number of benzene rings is 5. The maximum absolute atomic E-state index is 12.1. The first-order valence-corrected chi connectivity index (χ1v) is 15.8. The second-order valence-electron chi connectivity index (χ2n) is 11.3. The number of carbonyl (C=O) groups is 1. The second-order valence-corrected chi connectivity index (χ2v) is 11.3. The van der Waals surface area contributed by atoms with Crippen LogP contribution in [0.1, 0.15) is 11.1 Å². The van der Waals surface area contributed by atoms with Crippen molar-refractivity contribution in [2.75, 3.05) is 15.5 Å². The van der Waals surface area contributed by atoms with Crippen molar-refractivity contribution in [1.29, 1.82) is 0 Å². The van der Waals surface area contributed by atoms with Crippen molar-refractivity contribution in [2.24, 2.45) is 0 Å². The predicted octanol–water partition coefficient (Wildman–Crippen LogP) is 8.68. The molecule has 9 nitrogen and oxygen atoms in total. The molecule has 0 fully saturated rings. The lowest BCUT2D eigenvalue weighted by Crippen LogP contribution is -2.24. The van der Waals surface area contributed by atoms with Crippen LogP contribution in [-0.2, 0) is 17.9 Å². The van der Waals surface area contributed by atoms with E-state index < -0.39 is 0 Å². The van der Waals surface area contributed by atoms with Crippen LogP contribution < -0.4 is 20.3 Å². The molecule has 5 aromatic carbocycles. The van der Waals surface area contributed by atoms with Gasteiger partial charge in [0, 0.05) is 24.5 Å². The van der Waals surface area contributed by atoms with Crippen LogP contribution in [0.15, 0.2) is 159 Å². The summed E-state index contributed by atoms with van der Waals surface area (Å²) in [6.45, 7) is 4.76. The smallest absolute Gasteiger partial charge is 0.247 e. The molecule has 0 aliphatic heterocycles. The lowest BCUT2D eigenvalue weighted by atomic mass is 10.1. The summed E-state index contributed by atoms with van der Waals surface area (Å²) in [5.74, 6) is 2.27. The number of aromatic nitrogens is 4. The monoisotopic (exact) mass is 643 g/mol. The molecule has 0 spiro atoms. The highest BCUT2D eigenvalue weighted by molar-refractivity contribution is 5.99. The molecule has 7 rings (SSSR count). The van der Waals surface area contributed by atoms with Crippen LogP contribution in [0.2, 0.25) is 0 Å². The van der Waals surface area contributed by atoms with Crippen LogP contribution in [0.25, 0.3) is 16.9 Å². The van der Waals surface area contributed by atoms with E-state index in [1.807, 2.05) is 120 Å². The number of imidazole rings is 1. The van der Waals surface area contributed by atoms with E-state index in [-0.39, 0.29) is 5.91 Å². The molecule has 0 atom stereocenters. The maximum atomic E-state index is 12.1. The molecule has 2 heterocycles. The molecule has 9 heteroatoms. The first-order valence-electron chi connectivity index (χ1n) is 15.8. The molecule has 0 bridgehead atoms. The van der Waals surface area contributed by atoms with Gasteiger partial charge in [-0.2, -0.15) is 9.97 Å². The number of hydrogen-bond acceptors (Lipinski definition) is 7. The Kier molecular flexibility index (Phi) is 9.05. The second kappa shape index (κ2) is 14.4. The Hall–Kier alpha value is -6.74. The standard InChI is InChI=1S/C40H33N7O2/c1-2-36(48)42-32-17-12-18-33(25-32)47-28-41-37-38(46(26-29-13-6-3-7-14-29)27-30-15-8-4-9-16-30)44-40(45-39(37)47)43-31-21-23-35(24-22-31)49-34-19-10-5-11-20-34/h2-25,28H,1,26-27H2,(H,42,48)(H,43,44,45). The number of ether oxygens (including phenoxy) is 1. The Morgan fingerprint density at radius 2 is 1.37 bits per heavy atom. The molecule has 1 amide bonds. The van der Waals surface area contributed by atoms with E-state index >= 15 is 0 Å². The predicted molar refractivity (Wildman–Crippen MR) is 194 cm³/mol. The third kappa shape index (κ3) is 7.47. The minimum Gasteiger partial charge on any atom is -0.457 e. The van der Waals surface area contributed by atoms with Gasteiger partial charge in [-0.1, -0.05) is 91.5 Å². The van der Waals surface area contributed by atoms with Gasteiger partial charge in [0.05, 0.1) is 5.69 Å². The number of para-hydroxylation sites is 1. The summed E-state index contributed by atoms with van der Waals surface area (Å²) in [6, 6.07) is 45.4. The van der Waals surface area contributed by atoms with Gasteiger partial charge < -0.3 is 20.3 Å². The van der Waals surface area contributed by atoms with Crippen LogP contribution in [0, 0.1) is 0 Å². The van der Waals surface area contributed by atoms with E-state index in [9.17, 15) is 4.79 Å². The number of hydrogen-bond donors (Lipinski definition) is 2. The van der Waals surface area contributed by atoms with E-state index in [2.05, 4.69) is 46.4 Å². The zero-order valence-corrected chi connectivity index (χ0v) is 26.6. The van der Waals surface area contributed by atoms with Gasteiger partial charge in [0.25, 0.3) is 0 Å². The van der Waals surface area contributed by atoms with Gasteiger partial charge in [0.2, 0.25) is 11.9 Å². The van der Waals surface area contributed by atoms with E-state index in [0.717, 1.165) is 28.3 Å². The minimum absolute atomic E-state index is 0.290.